The number of hydrogen-bond acceptors (Lipinski definition) is 5. The SMILES string of the molecule is CN(C)C(CNCc1cn(C)nc1-c1ccc([N+](=O)[O-])cc1)c1ccccc1. The Labute approximate surface area is 164 Å². The van der Waals surface area contributed by atoms with Gasteiger partial charge < -0.3 is 10.2 Å². The van der Waals surface area contributed by atoms with E-state index in [1.165, 1.54) is 17.7 Å². The van der Waals surface area contributed by atoms with Crippen molar-refractivity contribution in [1.29, 1.82) is 0 Å². The molecule has 2 aromatic carbocycles. The van der Waals surface area contributed by atoms with Gasteiger partial charge in [-0.15, -0.1) is 0 Å². The first-order chi connectivity index (χ1) is 13.5. The predicted molar refractivity (Wildman–Crippen MR) is 110 cm³/mol. The van der Waals surface area contributed by atoms with Gasteiger partial charge in [-0.05, 0) is 31.8 Å². The van der Waals surface area contributed by atoms with E-state index >= 15 is 0 Å². The second-order valence-electron chi connectivity index (χ2n) is 7.00. The lowest BCUT2D eigenvalue weighted by Crippen LogP contribution is -2.30. The van der Waals surface area contributed by atoms with Gasteiger partial charge in [-0.25, -0.2) is 0 Å². The normalized spacial score (nSPS) is 12.3. The van der Waals surface area contributed by atoms with Crippen LogP contribution in [0.2, 0.25) is 0 Å². The van der Waals surface area contributed by atoms with Crippen LogP contribution in [0.3, 0.4) is 0 Å². The predicted octanol–water partition coefficient (Wildman–Crippen LogP) is 3.39. The molecule has 28 heavy (non-hydrogen) atoms. The smallest absolute Gasteiger partial charge is 0.269 e. The zero-order chi connectivity index (χ0) is 20.1. The first kappa shape index (κ1) is 19.7. The largest absolute Gasteiger partial charge is 0.311 e. The molecule has 0 radical (unpaired) electrons. The van der Waals surface area contributed by atoms with E-state index < -0.39 is 4.92 Å². The number of nitro benzene ring substituents is 1. The average molecular weight is 379 g/mol. The summed E-state index contributed by atoms with van der Waals surface area (Å²) in [7, 11) is 6.03. The van der Waals surface area contributed by atoms with Crippen molar-refractivity contribution in [2.75, 3.05) is 20.6 Å². The van der Waals surface area contributed by atoms with Gasteiger partial charge in [0, 0.05) is 55.6 Å². The maximum Gasteiger partial charge on any atom is 0.269 e. The second kappa shape index (κ2) is 8.77. The van der Waals surface area contributed by atoms with Crippen LogP contribution in [0.1, 0.15) is 17.2 Å². The molecule has 0 saturated heterocycles. The fraction of sp³-hybridized carbons (Fsp3) is 0.286. The van der Waals surface area contributed by atoms with Gasteiger partial charge in [-0.3, -0.25) is 14.8 Å². The van der Waals surface area contributed by atoms with Crippen molar-refractivity contribution in [3.8, 4) is 11.3 Å². The summed E-state index contributed by atoms with van der Waals surface area (Å²) in [5.41, 5.74) is 4.11. The van der Waals surface area contributed by atoms with Crippen LogP contribution >= 0.6 is 0 Å². The molecular weight excluding hydrogens is 354 g/mol. The lowest BCUT2D eigenvalue weighted by Gasteiger charge is -2.25. The molecule has 1 unspecified atom stereocenters. The molecule has 1 atom stereocenters. The second-order valence-corrected chi connectivity index (χ2v) is 7.00. The number of nitro groups is 1. The minimum atomic E-state index is -0.393. The third kappa shape index (κ3) is 4.62. The Kier molecular flexibility index (Phi) is 6.18. The molecule has 0 bridgehead atoms. The minimum Gasteiger partial charge on any atom is -0.311 e. The Bertz CT molecular complexity index is 920. The van der Waals surface area contributed by atoms with Crippen LogP contribution in [0.15, 0.2) is 60.8 Å². The number of nitrogens with zero attached hydrogens (tertiary/aromatic N) is 4. The van der Waals surface area contributed by atoms with Crippen molar-refractivity contribution < 1.29 is 4.92 Å². The number of aromatic nitrogens is 2. The van der Waals surface area contributed by atoms with Gasteiger partial charge in [0.05, 0.1) is 10.6 Å². The molecule has 0 amide bonds. The Morgan fingerprint density at radius 3 is 2.43 bits per heavy atom. The molecule has 0 fully saturated rings. The van der Waals surface area contributed by atoms with Crippen LogP contribution < -0.4 is 5.32 Å². The van der Waals surface area contributed by atoms with E-state index in [1.54, 1.807) is 16.8 Å². The number of non-ortho nitro benzene ring substituents is 1. The Morgan fingerprint density at radius 1 is 1.14 bits per heavy atom. The molecule has 7 heteroatoms. The number of rotatable bonds is 8. The molecule has 1 aromatic heterocycles. The summed E-state index contributed by atoms with van der Waals surface area (Å²) in [6.07, 6.45) is 1.98. The highest BCUT2D eigenvalue weighted by molar-refractivity contribution is 5.64. The highest BCUT2D eigenvalue weighted by Crippen LogP contribution is 2.24. The molecule has 0 aliphatic carbocycles. The number of nitrogens with one attached hydrogen (secondary N) is 1. The van der Waals surface area contributed by atoms with Gasteiger partial charge in [0.2, 0.25) is 0 Å². The summed E-state index contributed by atoms with van der Waals surface area (Å²) in [5.74, 6) is 0. The fourth-order valence-corrected chi connectivity index (χ4v) is 3.27. The van der Waals surface area contributed by atoms with Crippen molar-refractivity contribution in [1.82, 2.24) is 20.0 Å². The third-order valence-electron chi connectivity index (χ3n) is 4.72. The molecule has 1 N–H and O–H groups in total. The topological polar surface area (TPSA) is 76.2 Å². The maximum atomic E-state index is 10.9. The monoisotopic (exact) mass is 379 g/mol. The molecule has 0 aliphatic rings. The molecule has 3 rings (SSSR count). The first-order valence-corrected chi connectivity index (χ1v) is 9.15. The van der Waals surface area contributed by atoms with E-state index in [2.05, 4.69) is 53.7 Å². The van der Waals surface area contributed by atoms with Gasteiger partial charge in [-0.1, -0.05) is 30.3 Å². The van der Waals surface area contributed by atoms with Crippen molar-refractivity contribution in [2.45, 2.75) is 12.6 Å². The van der Waals surface area contributed by atoms with Crippen LogP contribution in [0.5, 0.6) is 0 Å². The van der Waals surface area contributed by atoms with Crippen molar-refractivity contribution in [3.05, 3.63) is 82.0 Å². The maximum absolute atomic E-state index is 10.9. The van der Waals surface area contributed by atoms with Gasteiger partial charge in [0.1, 0.15) is 0 Å². The zero-order valence-corrected chi connectivity index (χ0v) is 16.4. The van der Waals surface area contributed by atoms with E-state index in [4.69, 9.17) is 0 Å². The van der Waals surface area contributed by atoms with Gasteiger partial charge in [0.25, 0.3) is 5.69 Å². The molecule has 146 valence electrons. The van der Waals surface area contributed by atoms with E-state index in [1.807, 2.05) is 19.3 Å². The molecule has 7 nitrogen and oxygen atoms in total. The van der Waals surface area contributed by atoms with Crippen LogP contribution in [-0.2, 0) is 13.6 Å². The molecule has 0 spiro atoms. The van der Waals surface area contributed by atoms with Crippen LogP contribution in [0.25, 0.3) is 11.3 Å². The summed E-state index contributed by atoms with van der Waals surface area (Å²) in [6.45, 7) is 1.46. The number of hydrogen-bond donors (Lipinski definition) is 1. The van der Waals surface area contributed by atoms with Crippen LogP contribution in [0, 0.1) is 10.1 Å². The summed E-state index contributed by atoms with van der Waals surface area (Å²) >= 11 is 0. The molecule has 1 heterocycles. The first-order valence-electron chi connectivity index (χ1n) is 9.15. The summed E-state index contributed by atoms with van der Waals surface area (Å²) in [5, 5.41) is 18.9. The Hall–Kier alpha value is -3.03. The Morgan fingerprint density at radius 2 is 1.82 bits per heavy atom. The fourth-order valence-electron chi connectivity index (χ4n) is 3.27. The number of aryl methyl sites for hydroxylation is 1. The lowest BCUT2D eigenvalue weighted by molar-refractivity contribution is -0.384. The van der Waals surface area contributed by atoms with E-state index in [-0.39, 0.29) is 11.7 Å². The number of benzene rings is 2. The van der Waals surface area contributed by atoms with Gasteiger partial charge in [0.15, 0.2) is 0 Å². The zero-order valence-electron chi connectivity index (χ0n) is 16.4. The van der Waals surface area contributed by atoms with Gasteiger partial charge >= 0.3 is 0 Å². The number of likely N-dealkylation sites (N-methyl/N-ethyl adjacent to an activating group) is 1. The highest BCUT2D eigenvalue weighted by atomic mass is 16.6. The van der Waals surface area contributed by atoms with Crippen molar-refractivity contribution in [3.63, 3.8) is 0 Å². The summed E-state index contributed by atoms with van der Waals surface area (Å²) in [6, 6.07) is 17.2. The van der Waals surface area contributed by atoms with E-state index in [9.17, 15) is 10.1 Å². The third-order valence-corrected chi connectivity index (χ3v) is 4.72. The average Bonchev–Trinajstić information content (AvgIpc) is 3.06. The summed E-state index contributed by atoms with van der Waals surface area (Å²) in [4.78, 5) is 12.7. The van der Waals surface area contributed by atoms with E-state index in [0.717, 1.165) is 23.4 Å². The van der Waals surface area contributed by atoms with Crippen LogP contribution in [-0.4, -0.2) is 40.2 Å². The minimum absolute atomic E-state index is 0.0797. The highest BCUT2D eigenvalue weighted by Gasteiger charge is 2.15. The van der Waals surface area contributed by atoms with E-state index in [0.29, 0.717) is 6.54 Å². The van der Waals surface area contributed by atoms with Crippen molar-refractivity contribution >= 4 is 5.69 Å². The van der Waals surface area contributed by atoms with Crippen LogP contribution in [0.4, 0.5) is 5.69 Å². The molecular formula is C21H25N5O2. The molecule has 0 aliphatic heterocycles. The summed E-state index contributed by atoms with van der Waals surface area (Å²) < 4.78 is 1.77. The van der Waals surface area contributed by atoms with Gasteiger partial charge in [-0.2, -0.15) is 5.10 Å². The Balaban J connectivity index is 1.72. The molecule has 3 aromatic rings. The standard InChI is InChI=1S/C21H25N5O2/c1-24(2)20(16-7-5-4-6-8-16)14-22-13-18-15-25(3)23-21(18)17-9-11-19(12-10-17)26(27)28/h4-12,15,20,22H,13-14H2,1-3H3. The van der Waals surface area contributed by atoms with Crippen molar-refractivity contribution in [2.24, 2.45) is 7.05 Å². The quantitative estimate of drug-likeness (QED) is 0.480. The molecule has 0 saturated carbocycles. The lowest BCUT2D eigenvalue weighted by atomic mass is 10.1.